The van der Waals surface area contributed by atoms with Crippen LogP contribution in [0.2, 0.25) is 0 Å². The number of nitrogens with zero attached hydrogens (tertiary/aromatic N) is 3. The standard InChI is InChI=1S/C15H14F3N3O3/c1-20(14(23)12-7-8-13(22)21(2)19-12)9-10-3-5-11(6-4-10)24-15(16,17)18/h3-8H,9H2,1-2H3. The van der Waals surface area contributed by atoms with Crippen LogP contribution in [0.5, 0.6) is 5.75 Å². The summed E-state index contributed by atoms with van der Waals surface area (Å²) in [5, 5.41) is 3.86. The highest BCUT2D eigenvalue weighted by Gasteiger charge is 2.30. The molecule has 0 aliphatic rings. The van der Waals surface area contributed by atoms with E-state index in [4.69, 9.17) is 0 Å². The lowest BCUT2D eigenvalue weighted by Gasteiger charge is -2.17. The molecule has 1 heterocycles. The first-order valence-electron chi connectivity index (χ1n) is 6.80. The van der Waals surface area contributed by atoms with Crippen LogP contribution in [-0.2, 0) is 13.6 Å². The van der Waals surface area contributed by atoms with Crippen molar-refractivity contribution in [2.24, 2.45) is 7.05 Å². The van der Waals surface area contributed by atoms with Crippen molar-refractivity contribution in [2.45, 2.75) is 12.9 Å². The molecule has 0 aliphatic carbocycles. The molecule has 0 spiro atoms. The van der Waals surface area contributed by atoms with E-state index < -0.39 is 12.3 Å². The molecule has 0 aliphatic heterocycles. The van der Waals surface area contributed by atoms with Crippen molar-refractivity contribution in [1.82, 2.24) is 14.7 Å². The number of rotatable bonds is 4. The van der Waals surface area contributed by atoms with E-state index in [1.807, 2.05) is 0 Å². The minimum Gasteiger partial charge on any atom is -0.406 e. The van der Waals surface area contributed by atoms with Gasteiger partial charge in [0.05, 0.1) is 0 Å². The highest BCUT2D eigenvalue weighted by atomic mass is 19.4. The van der Waals surface area contributed by atoms with Gasteiger partial charge in [0, 0.05) is 26.7 Å². The Morgan fingerprint density at radius 2 is 1.83 bits per heavy atom. The van der Waals surface area contributed by atoms with Crippen LogP contribution in [-0.4, -0.2) is 34.0 Å². The monoisotopic (exact) mass is 341 g/mol. The predicted molar refractivity (Wildman–Crippen MR) is 78.4 cm³/mol. The molecular weight excluding hydrogens is 327 g/mol. The van der Waals surface area contributed by atoms with Crippen molar-refractivity contribution < 1.29 is 22.7 Å². The number of carbonyl (C=O) groups is 1. The van der Waals surface area contributed by atoms with Crippen molar-refractivity contribution in [2.75, 3.05) is 7.05 Å². The van der Waals surface area contributed by atoms with Gasteiger partial charge in [-0.3, -0.25) is 9.59 Å². The lowest BCUT2D eigenvalue weighted by molar-refractivity contribution is -0.274. The lowest BCUT2D eigenvalue weighted by Crippen LogP contribution is -2.30. The minimum atomic E-state index is -4.75. The third-order valence-corrected chi connectivity index (χ3v) is 3.10. The van der Waals surface area contributed by atoms with Crippen LogP contribution in [0.4, 0.5) is 13.2 Å². The number of carbonyl (C=O) groups excluding carboxylic acids is 1. The summed E-state index contributed by atoms with van der Waals surface area (Å²) in [5.41, 5.74) is 0.372. The fraction of sp³-hybridized carbons (Fsp3) is 0.267. The second-order valence-corrected chi connectivity index (χ2v) is 5.03. The van der Waals surface area contributed by atoms with Crippen molar-refractivity contribution in [3.05, 3.63) is 58.0 Å². The summed E-state index contributed by atoms with van der Waals surface area (Å²) in [5.74, 6) is -0.749. The molecule has 24 heavy (non-hydrogen) atoms. The van der Waals surface area contributed by atoms with E-state index in [0.29, 0.717) is 5.56 Å². The zero-order valence-electron chi connectivity index (χ0n) is 12.9. The largest absolute Gasteiger partial charge is 0.573 e. The first-order valence-corrected chi connectivity index (χ1v) is 6.80. The Morgan fingerprint density at radius 3 is 2.38 bits per heavy atom. The number of aryl methyl sites for hydroxylation is 1. The number of aromatic nitrogens is 2. The zero-order chi connectivity index (χ0) is 17.9. The fourth-order valence-corrected chi connectivity index (χ4v) is 1.95. The molecule has 0 atom stereocenters. The maximum Gasteiger partial charge on any atom is 0.573 e. The average molecular weight is 341 g/mol. The quantitative estimate of drug-likeness (QED) is 0.853. The molecule has 1 aromatic carbocycles. The summed E-state index contributed by atoms with van der Waals surface area (Å²) in [7, 11) is 2.95. The number of halogens is 3. The maximum absolute atomic E-state index is 12.2. The molecule has 0 bridgehead atoms. The van der Waals surface area contributed by atoms with Gasteiger partial charge >= 0.3 is 6.36 Å². The number of amides is 1. The second kappa shape index (κ2) is 6.73. The van der Waals surface area contributed by atoms with Gasteiger partial charge in [0.1, 0.15) is 11.4 Å². The van der Waals surface area contributed by atoms with Crippen molar-refractivity contribution in [1.29, 1.82) is 0 Å². The first-order chi connectivity index (χ1) is 11.2. The van der Waals surface area contributed by atoms with Crippen molar-refractivity contribution in [3.63, 3.8) is 0 Å². The molecule has 1 aromatic heterocycles. The highest BCUT2D eigenvalue weighted by Crippen LogP contribution is 2.23. The summed E-state index contributed by atoms with van der Waals surface area (Å²) in [6, 6.07) is 7.76. The molecule has 2 rings (SSSR count). The molecule has 0 N–H and O–H groups in total. The fourth-order valence-electron chi connectivity index (χ4n) is 1.95. The SMILES string of the molecule is CN(Cc1ccc(OC(F)(F)F)cc1)C(=O)c1ccc(=O)n(C)n1. The van der Waals surface area contributed by atoms with E-state index >= 15 is 0 Å². The third-order valence-electron chi connectivity index (χ3n) is 3.10. The van der Waals surface area contributed by atoms with Gasteiger partial charge in [0.25, 0.3) is 11.5 Å². The second-order valence-electron chi connectivity index (χ2n) is 5.03. The van der Waals surface area contributed by atoms with Crippen LogP contribution < -0.4 is 10.3 Å². The van der Waals surface area contributed by atoms with Crippen LogP contribution in [0.3, 0.4) is 0 Å². The van der Waals surface area contributed by atoms with Crippen LogP contribution in [0.1, 0.15) is 16.1 Å². The zero-order valence-corrected chi connectivity index (χ0v) is 12.9. The van der Waals surface area contributed by atoms with Crippen molar-refractivity contribution in [3.8, 4) is 5.75 Å². The Kier molecular flexibility index (Phi) is 4.91. The highest BCUT2D eigenvalue weighted by molar-refractivity contribution is 5.91. The van der Waals surface area contributed by atoms with Gasteiger partial charge in [-0.1, -0.05) is 12.1 Å². The van der Waals surface area contributed by atoms with E-state index in [2.05, 4.69) is 9.84 Å². The van der Waals surface area contributed by atoms with Crippen LogP contribution in [0, 0.1) is 0 Å². The Labute approximate surface area is 135 Å². The van der Waals surface area contributed by atoms with Gasteiger partial charge in [-0.2, -0.15) is 5.10 Å². The molecule has 9 heteroatoms. The average Bonchev–Trinajstić information content (AvgIpc) is 2.50. The Hall–Kier alpha value is -2.84. The molecular formula is C15H14F3N3O3. The van der Waals surface area contributed by atoms with Crippen LogP contribution in [0.15, 0.2) is 41.2 Å². The lowest BCUT2D eigenvalue weighted by atomic mass is 10.2. The van der Waals surface area contributed by atoms with E-state index in [1.165, 1.54) is 55.4 Å². The molecule has 128 valence electrons. The van der Waals surface area contributed by atoms with Gasteiger partial charge in [-0.25, -0.2) is 4.68 Å². The van der Waals surface area contributed by atoms with Gasteiger partial charge in [0.2, 0.25) is 0 Å². The number of benzene rings is 1. The van der Waals surface area contributed by atoms with E-state index in [0.717, 1.165) is 4.68 Å². The molecule has 0 saturated heterocycles. The van der Waals surface area contributed by atoms with Gasteiger partial charge in [0.15, 0.2) is 0 Å². The number of ether oxygens (including phenoxy) is 1. The van der Waals surface area contributed by atoms with E-state index in [1.54, 1.807) is 0 Å². The smallest absolute Gasteiger partial charge is 0.406 e. The summed E-state index contributed by atoms with van der Waals surface area (Å²) in [4.78, 5) is 24.9. The number of alkyl halides is 3. The third kappa shape index (κ3) is 4.58. The first kappa shape index (κ1) is 17.5. The normalized spacial score (nSPS) is 11.2. The topological polar surface area (TPSA) is 64.4 Å². The molecule has 6 nitrogen and oxygen atoms in total. The van der Waals surface area contributed by atoms with Gasteiger partial charge in [-0.05, 0) is 23.8 Å². The molecule has 0 radical (unpaired) electrons. The summed E-state index contributed by atoms with van der Waals surface area (Å²) in [6.07, 6.45) is -4.75. The van der Waals surface area contributed by atoms with Crippen LogP contribution >= 0.6 is 0 Å². The van der Waals surface area contributed by atoms with Crippen LogP contribution in [0.25, 0.3) is 0 Å². The molecule has 0 saturated carbocycles. The predicted octanol–water partition coefficient (Wildman–Crippen LogP) is 1.95. The Morgan fingerprint density at radius 1 is 1.21 bits per heavy atom. The number of hydrogen-bond donors (Lipinski definition) is 0. The summed E-state index contributed by atoms with van der Waals surface area (Å²) in [6.45, 7) is 0.162. The van der Waals surface area contributed by atoms with Gasteiger partial charge in [-0.15, -0.1) is 13.2 Å². The summed E-state index contributed by atoms with van der Waals surface area (Å²) < 4.78 is 41.1. The molecule has 0 fully saturated rings. The summed E-state index contributed by atoms with van der Waals surface area (Å²) >= 11 is 0. The molecule has 1 amide bonds. The molecule has 0 unspecified atom stereocenters. The molecule has 2 aromatic rings. The number of hydrogen-bond acceptors (Lipinski definition) is 4. The Bertz CT molecular complexity index is 785. The minimum absolute atomic E-state index is 0.0941. The van der Waals surface area contributed by atoms with E-state index in [-0.39, 0.29) is 23.5 Å². The Balaban J connectivity index is 2.05. The van der Waals surface area contributed by atoms with Gasteiger partial charge < -0.3 is 9.64 Å². The maximum atomic E-state index is 12.2. The van der Waals surface area contributed by atoms with Crippen molar-refractivity contribution >= 4 is 5.91 Å². The van der Waals surface area contributed by atoms with E-state index in [9.17, 15) is 22.8 Å².